The molecule has 2 aromatic carbocycles. The molecule has 0 aliphatic rings. The predicted molar refractivity (Wildman–Crippen MR) is 75.9 cm³/mol. The highest BCUT2D eigenvalue weighted by atomic mass is 35.5. The summed E-state index contributed by atoms with van der Waals surface area (Å²) in [4.78, 5) is 0. The largest absolute Gasteiger partial charge is 0.388 e. The number of benzene rings is 2. The van der Waals surface area contributed by atoms with Crippen LogP contribution in [0.3, 0.4) is 0 Å². The van der Waals surface area contributed by atoms with E-state index in [2.05, 4.69) is 6.92 Å². The lowest BCUT2D eigenvalue weighted by molar-refractivity contribution is 0.178. The normalized spacial score (nSPS) is 12.4. The van der Waals surface area contributed by atoms with E-state index in [-0.39, 0.29) is 5.02 Å². The average molecular weight is 279 g/mol. The topological polar surface area (TPSA) is 20.2 Å². The summed E-state index contributed by atoms with van der Waals surface area (Å²) in [5, 5.41) is 10.2. The molecule has 1 nitrogen and oxygen atoms in total. The third kappa shape index (κ3) is 3.34. The Morgan fingerprint density at radius 2 is 1.74 bits per heavy atom. The number of hydrogen-bond acceptors (Lipinski definition) is 1. The number of aliphatic hydroxyl groups excluding tert-OH is 1. The van der Waals surface area contributed by atoms with Crippen molar-refractivity contribution in [3.05, 3.63) is 70.0 Å². The fourth-order valence-electron chi connectivity index (χ4n) is 2.02. The number of aliphatic hydroxyl groups is 1. The van der Waals surface area contributed by atoms with Gasteiger partial charge in [0.05, 0.1) is 11.1 Å². The highest BCUT2D eigenvalue weighted by Gasteiger charge is 2.14. The lowest BCUT2D eigenvalue weighted by Gasteiger charge is -2.13. The molecule has 19 heavy (non-hydrogen) atoms. The molecule has 0 bridgehead atoms. The molecule has 0 saturated heterocycles. The van der Waals surface area contributed by atoms with Crippen LogP contribution in [0, 0.1) is 5.82 Å². The first-order valence-electron chi connectivity index (χ1n) is 6.31. The molecule has 0 fully saturated rings. The molecule has 1 unspecified atom stereocenters. The molecular weight excluding hydrogens is 263 g/mol. The summed E-state index contributed by atoms with van der Waals surface area (Å²) in [7, 11) is 0. The highest BCUT2D eigenvalue weighted by Crippen LogP contribution is 2.27. The van der Waals surface area contributed by atoms with Crippen molar-refractivity contribution in [2.45, 2.75) is 25.9 Å². The van der Waals surface area contributed by atoms with Crippen molar-refractivity contribution in [2.24, 2.45) is 0 Å². The van der Waals surface area contributed by atoms with Gasteiger partial charge in [-0.15, -0.1) is 0 Å². The number of hydrogen-bond donors (Lipinski definition) is 1. The summed E-state index contributed by atoms with van der Waals surface area (Å²) in [5.74, 6) is -0.500. The van der Waals surface area contributed by atoms with Gasteiger partial charge < -0.3 is 5.11 Å². The minimum Gasteiger partial charge on any atom is -0.388 e. The van der Waals surface area contributed by atoms with E-state index in [0.717, 1.165) is 12.0 Å². The Labute approximate surface area is 117 Å². The van der Waals surface area contributed by atoms with Gasteiger partial charge >= 0.3 is 0 Å². The van der Waals surface area contributed by atoms with E-state index >= 15 is 0 Å². The van der Waals surface area contributed by atoms with E-state index in [1.54, 1.807) is 12.1 Å². The monoisotopic (exact) mass is 278 g/mol. The molecular formula is C16H16ClFO. The zero-order valence-corrected chi connectivity index (χ0v) is 11.5. The molecule has 0 radical (unpaired) electrons. The van der Waals surface area contributed by atoms with Crippen molar-refractivity contribution in [1.82, 2.24) is 0 Å². The Balaban J connectivity index is 2.15. The second kappa shape index (κ2) is 6.18. The summed E-state index contributed by atoms with van der Waals surface area (Å²) in [5.41, 5.74) is 2.69. The smallest absolute Gasteiger partial charge is 0.142 e. The zero-order chi connectivity index (χ0) is 13.8. The van der Waals surface area contributed by atoms with E-state index < -0.39 is 11.9 Å². The van der Waals surface area contributed by atoms with E-state index in [1.165, 1.54) is 11.6 Å². The third-order valence-corrected chi connectivity index (χ3v) is 3.60. The summed E-state index contributed by atoms with van der Waals surface area (Å²) >= 11 is 5.87. The van der Waals surface area contributed by atoms with Crippen LogP contribution in [0.5, 0.6) is 0 Å². The quantitative estimate of drug-likeness (QED) is 0.883. The van der Waals surface area contributed by atoms with Gasteiger partial charge in [0, 0.05) is 12.0 Å². The summed E-state index contributed by atoms with van der Waals surface area (Å²) < 4.78 is 13.3. The first-order chi connectivity index (χ1) is 9.11. The summed E-state index contributed by atoms with van der Waals surface area (Å²) in [6, 6.07) is 12.5. The fourth-order valence-corrected chi connectivity index (χ4v) is 2.27. The Hall–Kier alpha value is -1.38. The first-order valence-corrected chi connectivity index (χ1v) is 6.69. The maximum atomic E-state index is 13.3. The van der Waals surface area contributed by atoms with Crippen molar-refractivity contribution < 1.29 is 9.50 Å². The zero-order valence-electron chi connectivity index (χ0n) is 10.7. The van der Waals surface area contributed by atoms with Gasteiger partial charge in [-0.25, -0.2) is 4.39 Å². The summed E-state index contributed by atoms with van der Waals surface area (Å²) in [6.45, 7) is 2.09. The van der Waals surface area contributed by atoms with Crippen LogP contribution in [0.1, 0.15) is 29.7 Å². The Kier molecular flexibility index (Phi) is 4.56. The van der Waals surface area contributed by atoms with Crippen LogP contribution >= 0.6 is 11.6 Å². The van der Waals surface area contributed by atoms with Gasteiger partial charge in [-0.3, -0.25) is 0 Å². The first kappa shape index (κ1) is 14.0. The molecule has 2 aromatic rings. The van der Waals surface area contributed by atoms with Crippen molar-refractivity contribution in [1.29, 1.82) is 0 Å². The molecule has 100 valence electrons. The lowest BCUT2D eigenvalue weighted by atomic mass is 10.00. The second-order valence-corrected chi connectivity index (χ2v) is 4.91. The van der Waals surface area contributed by atoms with Crippen LogP contribution in [-0.4, -0.2) is 5.11 Å². The molecule has 0 saturated carbocycles. The van der Waals surface area contributed by atoms with Gasteiger partial charge in [0.1, 0.15) is 5.82 Å². The maximum Gasteiger partial charge on any atom is 0.142 e. The molecule has 0 aliphatic heterocycles. The van der Waals surface area contributed by atoms with Crippen LogP contribution in [0.15, 0.2) is 42.5 Å². The molecule has 1 N–H and O–H groups in total. The van der Waals surface area contributed by atoms with Gasteiger partial charge in [0.25, 0.3) is 0 Å². The maximum absolute atomic E-state index is 13.3. The number of halogens is 2. The molecule has 0 amide bonds. The van der Waals surface area contributed by atoms with Gasteiger partial charge in [0.2, 0.25) is 0 Å². The molecule has 2 rings (SSSR count). The SMILES string of the molecule is CCc1ccc(CC(O)c2cccc(F)c2Cl)cc1. The van der Waals surface area contributed by atoms with Crippen LogP contribution in [0.25, 0.3) is 0 Å². The summed E-state index contributed by atoms with van der Waals surface area (Å²) in [6.07, 6.45) is 0.613. The molecule has 0 spiro atoms. The minimum atomic E-state index is -0.796. The van der Waals surface area contributed by atoms with E-state index in [0.29, 0.717) is 12.0 Å². The minimum absolute atomic E-state index is 0.000165. The highest BCUT2D eigenvalue weighted by molar-refractivity contribution is 6.31. The van der Waals surface area contributed by atoms with E-state index in [1.807, 2.05) is 24.3 Å². The number of aryl methyl sites for hydroxylation is 1. The Morgan fingerprint density at radius 3 is 2.37 bits per heavy atom. The molecule has 3 heteroatoms. The second-order valence-electron chi connectivity index (χ2n) is 4.53. The van der Waals surface area contributed by atoms with Crippen LogP contribution in [-0.2, 0) is 12.8 Å². The van der Waals surface area contributed by atoms with Gasteiger partial charge in [-0.2, -0.15) is 0 Å². The van der Waals surface area contributed by atoms with Gasteiger partial charge in [-0.05, 0) is 23.6 Å². The molecule has 0 heterocycles. The molecule has 0 aliphatic carbocycles. The Morgan fingerprint density at radius 1 is 1.11 bits per heavy atom. The Bertz CT molecular complexity index is 551. The third-order valence-electron chi connectivity index (χ3n) is 3.20. The van der Waals surface area contributed by atoms with Crippen LogP contribution < -0.4 is 0 Å². The lowest BCUT2D eigenvalue weighted by Crippen LogP contribution is -2.03. The van der Waals surface area contributed by atoms with Crippen molar-refractivity contribution in [2.75, 3.05) is 0 Å². The predicted octanol–water partition coefficient (Wildman–Crippen LogP) is 4.32. The van der Waals surface area contributed by atoms with Gasteiger partial charge in [0.15, 0.2) is 0 Å². The fraction of sp³-hybridized carbons (Fsp3) is 0.250. The standard InChI is InChI=1S/C16H16ClFO/c1-2-11-6-8-12(9-7-11)10-15(19)13-4-3-5-14(18)16(13)17/h3-9,15,19H,2,10H2,1H3. The van der Waals surface area contributed by atoms with Gasteiger partial charge in [-0.1, -0.05) is 54.9 Å². The molecule has 0 aromatic heterocycles. The molecule has 1 atom stereocenters. The van der Waals surface area contributed by atoms with Crippen molar-refractivity contribution in [3.8, 4) is 0 Å². The van der Waals surface area contributed by atoms with Crippen molar-refractivity contribution >= 4 is 11.6 Å². The van der Waals surface area contributed by atoms with E-state index in [9.17, 15) is 9.50 Å². The van der Waals surface area contributed by atoms with E-state index in [4.69, 9.17) is 11.6 Å². The van der Waals surface area contributed by atoms with Crippen LogP contribution in [0.4, 0.5) is 4.39 Å². The number of rotatable bonds is 4. The average Bonchev–Trinajstić information content (AvgIpc) is 2.42. The van der Waals surface area contributed by atoms with Crippen molar-refractivity contribution in [3.63, 3.8) is 0 Å². The van der Waals surface area contributed by atoms with Crippen LogP contribution in [0.2, 0.25) is 5.02 Å².